The first kappa shape index (κ1) is 19.7. The van der Waals surface area contributed by atoms with E-state index in [-0.39, 0.29) is 17.6 Å². The molecule has 1 aliphatic heterocycles. The normalized spacial score (nSPS) is 21.1. The van der Waals surface area contributed by atoms with Crippen LogP contribution in [0.3, 0.4) is 0 Å². The number of rotatable bonds is 5. The molecule has 1 saturated heterocycles. The molecule has 1 aliphatic carbocycles. The number of halogens is 1. The third kappa shape index (κ3) is 3.13. The number of ether oxygens (including phenoxy) is 2. The predicted molar refractivity (Wildman–Crippen MR) is 117 cm³/mol. The highest BCUT2D eigenvalue weighted by Gasteiger charge is 2.63. The fraction of sp³-hybridized carbons (Fsp3) is 0.261. The maximum Gasteiger partial charge on any atom is 0.234 e. The van der Waals surface area contributed by atoms with Crippen LogP contribution in [-0.2, 0) is 9.53 Å². The summed E-state index contributed by atoms with van der Waals surface area (Å²) in [6.07, 6.45) is 3.88. The zero-order valence-corrected chi connectivity index (χ0v) is 17.6. The number of aromatic amines is 1. The van der Waals surface area contributed by atoms with E-state index in [9.17, 15) is 9.18 Å². The van der Waals surface area contributed by atoms with Crippen LogP contribution in [0.25, 0.3) is 33.5 Å². The molecule has 2 aliphatic rings. The molecule has 1 aromatic carbocycles. The molecule has 0 spiro atoms. The van der Waals surface area contributed by atoms with E-state index < -0.39 is 5.41 Å². The van der Waals surface area contributed by atoms with Gasteiger partial charge in [-0.05, 0) is 30.7 Å². The first-order valence-corrected chi connectivity index (χ1v) is 10.5. The maximum atomic E-state index is 13.4. The van der Waals surface area contributed by atoms with Gasteiger partial charge < -0.3 is 14.8 Å². The molecule has 166 valence electrons. The molecular formula is C23H19FN6O3. The number of hydrogen-bond acceptors (Lipinski definition) is 7. The van der Waals surface area contributed by atoms with Crippen LogP contribution in [0.1, 0.15) is 6.42 Å². The third-order valence-electron chi connectivity index (χ3n) is 6.42. The average Bonchev–Trinajstić information content (AvgIpc) is 3.16. The Hall–Kier alpha value is -3.92. The van der Waals surface area contributed by atoms with Crippen molar-refractivity contribution < 1.29 is 18.7 Å². The summed E-state index contributed by atoms with van der Waals surface area (Å²) >= 11 is 0. The fourth-order valence-electron chi connectivity index (χ4n) is 4.45. The SMILES string of the molecule is COc1cc2ncnc(-c3cn[nH]c3-c3ccc(F)cc3)c2nc1NC(=O)[C@]12COCC1C2. The Morgan fingerprint density at radius 2 is 2.15 bits per heavy atom. The molecule has 4 aromatic rings. The van der Waals surface area contributed by atoms with E-state index in [4.69, 9.17) is 9.47 Å². The second-order valence-corrected chi connectivity index (χ2v) is 8.32. The minimum atomic E-state index is -0.474. The summed E-state index contributed by atoms with van der Waals surface area (Å²) < 4.78 is 24.3. The summed E-state index contributed by atoms with van der Waals surface area (Å²) in [5.41, 5.74) is 3.17. The van der Waals surface area contributed by atoms with Gasteiger partial charge in [0.05, 0.1) is 43.1 Å². The second-order valence-electron chi connectivity index (χ2n) is 8.32. The molecule has 1 amide bonds. The highest BCUT2D eigenvalue weighted by atomic mass is 19.1. The van der Waals surface area contributed by atoms with Gasteiger partial charge in [0.1, 0.15) is 23.4 Å². The van der Waals surface area contributed by atoms with Gasteiger partial charge in [0.15, 0.2) is 11.6 Å². The molecule has 10 heteroatoms. The Bertz CT molecular complexity index is 1390. The van der Waals surface area contributed by atoms with E-state index in [0.29, 0.717) is 52.8 Å². The predicted octanol–water partition coefficient (Wildman–Crippen LogP) is 3.20. The standard InChI is InChI=1S/C23H19FN6O3/c1-32-17-6-16-20(28-21(17)29-22(31)23-7-13(23)9-33-10-23)19(26-11-25-16)15-8-27-30-18(15)12-2-4-14(24)5-3-12/h2-6,8,11,13H,7,9-10H2,1H3,(H,27,30)(H,28,29,31)/t13?,23-/m1/s1. The van der Waals surface area contributed by atoms with Crippen LogP contribution >= 0.6 is 0 Å². The third-order valence-corrected chi connectivity index (χ3v) is 6.42. The van der Waals surface area contributed by atoms with E-state index in [2.05, 4.69) is 30.5 Å². The number of hydrogen-bond donors (Lipinski definition) is 2. The van der Waals surface area contributed by atoms with Crippen molar-refractivity contribution in [2.45, 2.75) is 6.42 Å². The highest BCUT2D eigenvalue weighted by molar-refractivity contribution is 6.01. The molecule has 1 saturated carbocycles. The molecular weight excluding hydrogens is 427 g/mol. The quantitative estimate of drug-likeness (QED) is 0.484. The second kappa shape index (κ2) is 7.31. The van der Waals surface area contributed by atoms with Crippen LogP contribution in [0.15, 0.2) is 42.9 Å². The molecule has 9 nitrogen and oxygen atoms in total. The summed E-state index contributed by atoms with van der Waals surface area (Å²) in [7, 11) is 1.51. The number of aromatic nitrogens is 5. The summed E-state index contributed by atoms with van der Waals surface area (Å²) in [6.45, 7) is 1.03. The van der Waals surface area contributed by atoms with Gasteiger partial charge in [-0.3, -0.25) is 9.89 Å². The van der Waals surface area contributed by atoms with Gasteiger partial charge in [-0.2, -0.15) is 5.10 Å². The van der Waals surface area contributed by atoms with E-state index in [1.807, 2.05) is 0 Å². The molecule has 3 aromatic heterocycles. The van der Waals surface area contributed by atoms with Gasteiger partial charge in [0.25, 0.3) is 0 Å². The number of fused-ring (bicyclic) bond motifs is 2. The number of benzene rings is 1. The zero-order valence-electron chi connectivity index (χ0n) is 17.6. The van der Waals surface area contributed by atoms with Crippen molar-refractivity contribution in [2.24, 2.45) is 11.3 Å². The highest BCUT2D eigenvalue weighted by Crippen LogP contribution is 2.57. The number of amides is 1. The topological polar surface area (TPSA) is 115 Å². The van der Waals surface area contributed by atoms with Crippen LogP contribution < -0.4 is 10.1 Å². The number of pyridine rings is 1. The maximum absolute atomic E-state index is 13.4. The summed E-state index contributed by atoms with van der Waals surface area (Å²) in [5.74, 6) is 0.506. The number of nitrogens with zero attached hydrogens (tertiary/aromatic N) is 4. The smallest absolute Gasteiger partial charge is 0.234 e. The first-order valence-electron chi connectivity index (χ1n) is 10.5. The lowest BCUT2D eigenvalue weighted by atomic mass is 10.0. The summed E-state index contributed by atoms with van der Waals surface area (Å²) in [5, 5.41) is 10.0. The van der Waals surface area contributed by atoms with Gasteiger partial charge >= 0.3 is 0 Å². The lowest BCUT2D eigenvalue weighted by molar-refractivity contribution is -0.121. The van der Waals surface area contributed by atoms with Crippen LogP contribution in [-0.4, -0.2) is 51.4 Å². The summed E-state index contributed by atoms with van der Waals surface area (Å²) in [4.78, 5) is 26.5. The van der Waals surface area contributed by atoms with E-state index >= 15 is 0 Å². The van der Waals surface area contributed by atoms with Gasteiger partial charge in [-0.15, -0.1) is 0 Å². The van der Waals surface area contributed by atoms with E-state index in [0.717, 1.165) is 12.0 Å². The number of carbonyl (C=O) groups is 1. The van der Waals surface area contributed by atoms with Gasteiger partial charge in [0, 0.05) is 23.1 Å². The Morgan fingerprint density at radius 1 is 1.30 bits per heavy atom. The van der Waals surface area contributed by atoms with Crippen molar-refractivity contribution in [3.05, 3.63) is 48.7 Å². The number of nitrogens with one attached hydrogen (secondary N) is 2. The zero-order chi connectivity index (χ0) is 22.6. The monoisotopic (exact) mass is 446 g/mol. The Kier molecular flexibility index (Phi) is 4.37. The van der Waals surface area contributed by atoms with Crippen molar-refractivity contribution in [1.29, 1.82) is 0 Å². The van der Waals surface area contributed by atoms with E-state index in [1.165, 1.54) is 25.6 Å². The molecule has 2 fully saturated rings. The van der Waals surface area contributed by atoms with Crippen LogP contribution in [0.5, 0.6) is 5.75 Å². The Labute approximate surface area is 187 Å². The van der Waals surface area contributed by atoms with Gasteiger partial charge in [0.2, 0.25) is 5.91 Å². The van der Waals surface area contributed by atoms with Crippen LogP contribution in [0, 0.1) is 17.2 Å². The van der Waals surface area contributed by atoms with Crippen LogP contribution in [0.2, 0.25) is 0 Å². The molecule has 0 radical (unpaired) electrons. The lowest BCUT2D eigenvalue weighted by Crippen LogP contribution is -2.27. The Balaban J connectivity index is 1.44. The molecule has 2 N–H and O–H groups in total. The van der Waals surface area contributed by atoms with Crippen LogP contribution in [0.4, 0.5) is 10.2 Å². The van der Waals surface area contributed by atoms with Crippen molar-refractivity contribution in [3.8, 4) is 28.3 Å². The van der Waals surface area contributed by atoms with Crippen molar-refractivity contribution in [1.82, 2.24) is 25.1 Å². The minimum absolute atomic E-state index is 0.121. The molecule has 6 rings (SSSR count). The number of carbonyl (C=O) groups excluding carboxylic acids is 1. The lowest BCUT2D eigenvalue weighted by Gasteiger charge is -2.15. The molecule has 2 atom stereocenters. The minimum Gasteiger partial charge on any atom is -0.493 e. The molecule has 33 heavy (non-hydrogen) atoms. The van der Waals surface area contributed by atoms with Crippen molar-refractivity contribution >= 4 is 22.8 Å². The van der Waals surface area contributed by atoms with Gasteiger partial charge in [-0.1, -0.05) is 0 Å². The average molecular weight is 446 g/mol. The van der Waals surface area contributed by atoms with Crippen molar-refractivity contribution in [3.63, 3.8) is 0 Å². The molecule has 0 bridgehead atoms. The van der Waals surface area contributed by atoms with Gasteiger partial charge in [-0.25, -0.2) is 19.3 Å². The number of H-pyrrole nitrogens is 1. The number of methoxy groups -OCH3 is 1. The molecule has 4 heterocycles. The largest absolute Gasteiger partial charge is 0.493 e. The Morgan fingerprint density at radius 3 is 2.88 bits per heavy atom. The van der Waals surface area contributed by atoms with E-state index in [1.54, 1.807) is 24.4 Å². The fourth-order valence-corrected chi connectivity index (χ4v) is 4.45. The number of anilines is 1. The first-order chi connectivity index (χ1) is 16.1. The molecule has 1 unspecified atom stereocenters. The van der Waals surface area contributed by atoms with Crippen molar-refractivity contribution in [2.75, 3.05) is 25.6 Å². The summed E-state index contributed by atoms with van der Waals surface area (Å²) in [6, 6.07) is 7.80.